The number of hydrogen-bond donors (Lipinski definition) is 1. The zero-order chi connectivity index (χ0) is 12.6. The van der Waals surface area contributed by atoms with Gasteiger partial charge in [-0.25, -0.2) is 0 Å². The van der Waals surface area contributed by atoms with Crippen molar-refractivity contribution >= 4 is 21.7 Å². The maximum Gasteiger partial charge on any atom is 0.129 e. The number of hydrogen-bond acceptors (Lipinski definition) is 2. The van der Waals surface area contributed by atoms with Crippen LogP contribution < -0.4 is 5.73 Å². The monoisotopic (exact) mass is 293 g/mol. The van der Waals surface area contributed by atoms with Crippen molar-refractivity contribution in [3.8, 4) is 11.1 Å². The number of rotatable bonds is 2. The van der Waals surface area contributed by atoms with Crippen LogP contribution in [0.5, 0.6) is 0 Å². The second-order valence-electron chi connectivity index (χ2n) is 4.43. The minimum Gasteiger partial charge on any atom is -0.383 e. The molecule has 0 aliphatic carbocycles. The first kappa shape index (κ1) is 12.2. The molecule has 2 N–H and O–H groups in total. The topological polar surface area (TPSA) is 43.8 Å². The first-order chi connectivity index (χ1) is 8.00. The lowest BCUT2D eigenvalue weighted by Crippen LogP contribution is -1.98. The van der Waals surface area contributed by atoms with E-state index in [-0.39, 0.29) is 0 Å². The van der Waals surface area contributed by atoms with E-state index in [4.69, 9.17) is 5.73 Å². The summed E-state index contributed by atoms with van der Waals surface area (Å²) in [6.45, 7) is 4.26. The van der Waals surface area contributed by atoms with Gasteiger partial charge in [-0.2, -0.15) is 5.10 Å². The summed E-state index contributed by atoms with van der Waals surface area (Å²) >= 11 is 3.44. The van der Waals surface area contributed by atoms with E-state index in [9.17, 15) is 0 Å². The molecule has 1 heterocycles. The van der Waals surface area contributed by atoms with Crippen LogP contribution in [0.4, 0.5) is 5.82 Å². The fraction of sp³-hybridized carbons (Fsp3) is 0.308. The van der Waals surface area contributed by atoms with Crippen molar-refractivity contribution in [3.63, 3.8) is 0 Å². The van der Waals surface area contributed by atoms with E-state index in [0.717, 1.165) is 27.1 Å². The Morgan fingerprint density at radius 1 is 1.24 bits per heavy atom. The number of aryl methyl sites for hydroxylation is 1. The summed E-state index contributed by atoms with van der Waals surface area (Å²) in [5.74, 6) is 1.08. The molecule has 0 radical (unpaired) electrons. The van der Waals surface area contributed by atoms with Crippen molar-refractivity contribution in [3.05, 3.63) is 34.4 Å². The summed E-state index contributed by atoms with van der Waals surface area (Å²) in [4.78, 5) is 0. The van der Waals surface area contributed by atoms with E-state index >= 15 is 0 Å². The number of benzene rings is 1. The fourth-order valence-corrected chi connectivity index (χ4v) is 2.14. The zero-order valence-corrected chi connectivity index (χ0v) is 11.8. The quantitative estimate of drug-likeness (QED) is 0.920. The number of nitrogens with zero attached hydrogens (tertiary/aromatic N) is 2. The van der Waals surface area contributed by atoms with Gasteiger partial charge in [-0.1, -0.05) is 41.9 Å². The molecule has 0 aliphatic heterocycles. The van der Waals surface area contributed by atoms with E-state index in [1.54, 1.807) is 4.68 Å². The Balaban J connectivity index is 2.61. The average molecular weight is 294 g/mol. The Labute approximate surface area is 110 Å². The van der Waals surface area contributed by atoms with Crippen LogP contribution in [0.2, 0.25) is 0 Å². The van der Waals surface area contributed by atoms with Crippen molar-refractivity contribution < 1.29 is 0 Å². The molecule has 1 aromatic carbocycles. The summed E-state index contributed by atoms with van der Waals surface area (Å²) in [6.07, 6.45) is 0. The molecular weight excluding hydrogens is 278 g/mol. The van der Waals surface area contributed by atoms with Crippen LogP contribution >= 0.6 is 15.9 Å². The van der Waals surface area contributed by atoms with E-state index in [1.165, 1.54) is 0 Å². The lowest BCUT2D eigenvalue weighted by molar-refractivity contribution is 0.719. The molecule has 1 aromatic heterocycles. The number of anilines is 1. The summed E-state index contributed by atoms with van der Waals surface area (Å²) < 4.78 is 2.81. The van der Waals surface area contributed by atoms with Crippen molar-refractivity contribution in [2.75, 3.05) is 5.73 Å². The molecule has 17 heavy (non-hydrogen) atoms. The Hall–Kier alpha value is -1.29. The lowest BCUT2D eigenvalue weighted by Gasteiger charge is -2.06. The molecule has 0 spiro atoms. The van der Waals surface area contributed by atoms with Gasteiger partial charge in [-0.15, -0.1) is 0 Å². The highest BCUT2D eigenvalue weighted by Gasteiger charge is 2.17. The Morgan fingerprint density at radius 2 is 1.82 bits per heavy atom. The lowest BCUT2D eigenvalue weighted by atomic mass is 9.99. The zero-order valence-electron chi connectivity index (χ0n) is 10.2. The maximum atomic E-state index is 6.10. The molecule has 0 aliphatic rings. The summed E-state index contributed by atoms with van der Waals surface area (Å²) in [5.41, 5.74) is 9.31. The molecule has 3 nitrogen and oxygen atoms in total. The Morgan fingerprint density at radius 3 is 2.35 bits per heavy atom. The third-order valence-corrected chi connectivity index (χ3v) is 3.33. The molecule has 90 valence electrons. The van der Waals surface area contributed by atoms with E-state index in [0.29, 0.717) is 5.92 Å². The van der Waals surface area contributed by atoms with Gasteiger partial charge in [0.2, 0.25) is 0 Å². The highest BCUT2D eigenvalue weighted by atomic mass is 79.9. The van der Waals surface area contributed by atoms with Crippen LogP contribution in [0, 0.1) is 0 Å². The largest absolute Gasteiger partial charge is 0.383 e. The van der Waals surface area contributed by atoms with Crippen molar-refractivity contribution in [2.24, 2.45) is 7.05 Å². The smallest absolute Gasteiger partial charge is 0.129 e. The number of nitrogens with two attached hydrogens (primary N) is 1. The fourth-order valence-electron chi connectivity index (χ4n) is 1.87. The second kappa shape index (κ2) is 4.53. The van der Waals surface area contributed by atoms with Crippen LogP contribution in [0.1, 0.15) is 25.5 Å². The van der Waals surface area contributed by atoms with Gasteiger partial charge in [-0.3, -0.25) is 4.68 Å². The molecule has 0 bridgehead atoms. The SMILES string of the molecule is CC(C)c1nn(C)c(N)c1-c1ccc(Br)cc1. The molecule has 2 aromatic rings. The van der Waals surface area contributed by atoms with Gasteiger partial charge < -0.3 is 5.73 Å². The molecule has 0 saturated carbocycles. The minimum absolute atomic E-state index is 0.358. The minimum atomic E-state index is 0.358. The first-order valence-corrected chi connectivity index (χ1v) is 6.38. The summed E-state index contributed by atoms with van der Waals surface area (Å²) in [7, 11) is 1.88. The van der Waals surface area contributed by atoms with Gasteiger partial charge in [0, 0.05) is 17.1 Å². The van der Waals surface area contributed by atoms with E-state index < -0.39 is 0 Å². The van der Waals surface area contributed by atoms with E-state index in [2.05, 4.69) is 47.0 Å². The van der Waals surface area contributed by atoms with Crippen molar-refractivity contribution in [2.45, 2.75) is 19.8 Å². The highest BCUT2D eigenvalue weighted by Crippen LogP contribution is 2.33. The normalized spacial score (nSPS) is 11.1. The van der Waals surface area contributed by atoms with Crippen LogP contribution in [-0.4, -0.2) is 9.78 Å². The molecule has 0 fully saturated rings. The number of halogens is 1. The van der Waals surface area contributed by atoms with Gasteiger partial charge >= 0.3 is 0 Å². The van der Waals surface area contributed by atoms with Crippen LogP contribution in [-0.2, 0) is 7.05 Å². The van der Waals surface area contributed by atoms with Gasteiger partial charge in [0.1, 0.15) is 5.82 Å². The predicted octanol–water partition coefficient (Wildman–Crippen LogP) is 3.56. The second-order valence-corrected chi connectivity index (χ2v) is 5.35. The molecule has 0 saturated heterocycles. The molecule has 0 unspecified atom stereocenters. The number of nitrogen functional groups attached to an aromatic ring is 1. The van der Waals surface area contributed by atoms with Gasteiger partial charge in [0.25, 0.3) is 0 Å². The average Bonchev–Trinajstić information content (AvgIpc) is 2.57. The standard InChI is InChI=1S/C13H16BrN3/c1-8(2)12-11(13(15)17(3)16-12)9-4-6-10(14)7-5-9/h4-8H,15H2,1-3H3. The highest BCUT2D eigenvalue weighted by molar-refractivity contribution is 9.10. The predicted molar refractivity (Wildman–Crippen MR) is 74.8 cm³/mol. The van der Waals surface area contributed by atoms with Crippen molar-refractivity contribution in [1.29, 1.82) is 0 Å². The third kappa shape index (κ3) is 2.22. The van der Waals surface area contributed by atoms with Gasteiger partial charge in [0.15, 0.2) is 0 Å². The molecule has 4 heteroatoms. The Kier molecular flexibility index (Phi) is 3.24. The summed E-state index contributed by atoms with van der Waals surface area (Å²) in [5, 5.41) is 4.49. The van der Waals surface area contributed by atoms with Crippen LogP contribution in [0.25, 0.3) is 11.1 Å². The Bertz CT molecular complexity index is 526. The first-order valence-electron chi connectivity index (χ1n) is 5.59. The van der Waals surface area contributed by atoms with Crippen LogP contribution in [0.3, 0.4) is 0 Å². The maximum absolute atomic E-state index is 6.10. The molecular formula is C13H16BrN3. The third-order valence-electron chi connectivity index (χ3n) is 2.80. The van der Waals surface area contributed by atoms with Crippen molar-refractivity contribution in [1.82, 2.24) is 9.78 Å². The van der Waals surface area contributed by atoms with Gasteiger partial charge in [0.05, 0.1) is 5.69 Å². The number of aromatic nitrogens is 2. The summed E-state index contributed by atoms with van der Waals surface area (Å²) in [6, 6.07) is 8.16. The molecule has 2 rings (SSSR count). The molecule has 0 atom stereocenters. The van der Waals surface area contributed by atoms with Gasteiger partial charge in [-0.05, 0) is 23.6 Å². The molecule has 0 amide bonds. The van der Waals surface area contributed by atoms with Crippen LogP contribution in [0.15, 0.2) is 28.7 Å². The van der Waals surface area contributed by atoms with E-state index in [1.807, 2.05) is 19.2 Å².